The summed E-state index contributed by atoms with van der Waals surface area (Å²) in [5.74, 6) is -3.25. The van der Waals surface area contributed by atoms with E-state index in [0.29, 0.717) is 10.7 Å². The Balaban J connectivity index is 2.84. The number of anilines is 1. The predicted molar refractivity (Wildman–Crippen MR) is 103 cm³/mol. The molecule has 0 fully saturated rings. The highest BCUT2D eigenvalue weighted by atomic mass is 35.5. The number of carboxylic acid groups (broad SMARTS) is 2. The molecule has 9 nitrogen and oxygen atoms in total. The van der Waals surface area contributed by atoms with Crippen LogP contribution in [0.2, 0.25) is 5.02 Å². The number of urea groups is 1. The van der Waals surface area contributed by atoms with E-state index in [1.54, 1.807) is 45.0 Å². The molecule has 10 heteroatoms. The smallest absolute Gasteiger partial charge is 0.326 e. The molecule has 2 atom stereocenters. The summed E-state index contributed by atoms with van der Waals surface area (Å²) < 4.78 is 0. The molecule has 0 radical (unpaired) electrons. The molecule has 0 heterocycles. The molecule has 0 aliphatic carbocycles. The van der Waals surface area contributed by atoms with Crippen LogP contribution >= 0.6 is 11.6 Å². The van der Waals surface area contributed by atoms with Crippen LogP contribution in [-0.2, 0) is 14.4 Å². The first-order valence-corrected chi connectivity index (χ1v) is 8.86. The minimum absolute atomic E-state index is 0.274. The second kappa shape index (κ2) is 9.93. The third kappa shape index (κ3) is 7.83. The summed E-state index contributed by atoms with van der Waals surface area (Å²) in [7, 11) is 0. The highest BCUT2D eigenvalue weighted by Crippen LogP contribution is 2.20. The number of halogens is 1. The molecule has 3 amide bonds. The third-order valence-corrected chi connectivity index (χ3v) is 4.02. The SMILES string of the molecule is CC(C)(C)[C@H](NC(=O)Nc1ccc(Cl)cc1)C(=O)N[C@H](CCC(=O)O)C(=O)O. The van der Waals surface area contributed by atoms with Gasteiger partial charge in [0.15, 0.2) is 0 Å². The Labute approximate surface area is 167 Å². The van der Waals surface area contributed by atoms with Gasteiger partial charge >= 0.3 is 18.0 Å². The zero-order chi connectivity index (χ0) is 21.5. The van der Waals surface area contributed by atoms with Crippen LogP contribution in [-0.4, -0.2) is 46.2 Å². The number of rotatable bonds is 8. The summed E-state index contributed by atoms with van der Waals surface area (Å²) in [5.41, 5.74) is -0.281. The average molecular weight is 414 g/mol. The van der Waals surface area contributed by atoms with Crippen molar-refractivity contribution in [2.24, 2.45) is 5.41 Å². The maximum absolute atomic E-state index is 12.6. The average Bonchev–Trinajstić information content (AvgIpc) is 2.56. The number of carbonyl (C=O) groups is 4. The van der Waals surface area contributed by atoms with Crippen molar-refractivity contribution in [2.45, 2.75) is 45.7 Å². The van der Waals surface area contributed by atoms with Crippen molar-refractivity contribution in [3.05, 3.63) is 29.3 Å². The van der Waals surface area contributed by atoms with Gasteiger partial charge in [-0.3, -0.25) is 9.59 Å². The van der Waals surface area contributed by atoms with E-state index in [2.05, 4.69) is 16.0 Å². The van der Waals surface area contributed by atoms with Gasteiger partial charge in [0.2, 0.25) is 5.91 Å². The fraction of sp³-hybridized carbons (Fsp3) is 0.444. The van der Waals surface area contributed by atoms with Gasteiger partial charge in [-0.25, -0.2) is 9.59 Å². The zero-order valence-corrected chi connectivity index (χ0v) is 16.5. The Hall–Kier alpha value is -2.81. The standard InChI is InChI=1S/C18H24ClN3O6/c1-18(2,3)14(15(25)21-12(16(26)27)8-9-13(23)24)22-17(28)20-11-6-4-10(19)5-7-11/h4-7,12,14H,8-9H2,1-3H3,(H,21,25)(H,23,24)(H,26,27)(H2,20,22,28)/t12-,14-/m1/s1. The van der Waals surface area contributed by atoms with Gasteiger partial charge in [0, 0.05) is 17.1 Å². The number of benzene rings is 1. The number of carboxylic acids is 2. The second-order valence-electron chi connectivity index (χ2n) is 7.24. The lowest BCUT2D eigenvalue weighted by molar-refractivity contribution is -0.143. The molecule has 0 aromatic heterocycles. The van der Waals surface area contributed by atoms with Gasteiger partial charge in [0.1, 0.15) is 12.1 Å². The Morgan fingerprint density at radius 2 is 1.61 bits per heavy atom. The first kappa shape index (κ1) is 23.2. The number of aliphatic carboxylic acids is 2. The van der Waals surface area contributed by atoms with Gasteiger partial charge in [-0.05, 0) is 36.1 Å². The maximum Gasteiger partial charge on any atom is 0.326 e. The summed E-state index contributed by atoms with van der Waals surface area (Å²) >= 11 is 5.79. The summed E-state index contributed by atoms with van der Waals surface area (Å²) in [6, 6.07) is 3.24. The fourth-order valence-corrected chi connectivity index (χ4v) is 2.41. The first-order valence-electron chi connectivity index (χ1n) is 8.48. The monoisotopic (exact) mass is 413 g/mol. The molecule has 154 valence electrons. The van der Waals surface area contributed by atoms with Gasteiger partial charge in [-0.15, -0.1) is 0 Å². The van der Waals surface area contributed by atoms with Crippen molar-refractivity contribution in [2.75, 3.05) is 5.32 Å². The Morgan fingerprint density at radius 1 is 1.04 bits per heavy atom. The lowest BCUT2D eigenvalue weighted by atomic mass is 9.86. The molecular weight excluding hydrogens is 390 g/mol. The molecular formula is C18H24ClN3O6. The second-order valence-corrected chi connectivity index (χ2v) is 7.67. The van der Waals surface area contributed by atoms with Crippen molar-refractivity contribution < 1.29 is 29.4 Å². The van der Waals surface area contributed by atoms with E-state index in [1.807, 2.05) is 0 Å². The van der Waals surface area contributed by atoms with Crippen LogP contribution in [0.4, 0.5) is 10.5 Å². The summed E-state index contributed by atoms with van der Waals surface area (Å²) in [6.45, 7) is 5.10. The van der Waals surface area contributed by atoms with Crippen molar-refractivity contribution >= 4 is 41.2 Å². The molecule has 28 heavy (non-hydrogen) atoms. The van der Waals surface area contributed by atoms with E-state index in [4.69, 9.17) is 16.7 Å². The van der Waals surface area contributed by atoms with Crippen LogP contribution in [0.25, 0.3) is 0 Å². The van der Waals surface area contributed by atoms with Crippen molar-refractivity contribution in [3.63, 3.8) is 0 Å². The normalized spacial score (nSPS) is 13.1. The fourth-order valence-electron chi connectivity index (χ4n) is 2.29. The lowest BCUT2D eigenvalue weighted by Gasteiger charge is -2.31. The molecule has 1 aromatic carbocycles. The van der Waals surface area contributed by atoms with Gasteiger partial charge in [0.25, 0.3) is 0 Å². The third-order valence-electron chi connectivity index (χ3n) is 3.77. The van der Waals surface area contributed by atoms with Crippen LogP contribution in [0.3, 0.4) is 0 Å². The van der Waals surface area contributed by atoms with Crippen LogP contribution in [0.5, 0.6) is 0 Å². The van der Waals surface area contributed by atoms with Crippen LogP contribution in [0.15, 0.2) is 24.3 Å². The van der Waals surface area contributed by atoms with E-state index < -0.39 is 47.8 Å². The number of hydrogen-bond acceptors (Lipinski definition) is 4. The summed E-state index contributed by atoms with van der Waals surface area (Å²) in [5, 5.41) is 25.8. The van der Waals surface area contributed by atoms with Gasteiger partial charge < -0.3 is 26.2 Å². The highest BCUT2D eigenvalue weighted by Gasteiger charge is 2.35. The molecule has 0 aliphatic heterocycles. The van der Waals surface area contributed by atoms with E-state index >= 15 is 0 Å². The molecule has 0 bridgehead atoms. The number of hydrogen-bond donors (Lipinski definition) is 5. The molecule has 5 N–H and O–H groups in total. The van der Waals surface area contributed by atoms with Crippen molar-refractivity contribution in [3.8, 4) is 0 Å². The molecule has 0 aliphatic rings. The lowest BCUT2D eigenvalue weighted by Crippen LogP contribution is -2.57. The largest absolute Gasteiger partial charge is 0.481 e. The Kier molecular flexibility index (Phi) is 8.24. The Morgan fingerprint density at radius 3 is 2.07 bits per heavy atom. The molecule has 0 unspecified atom stereocenters. The number of amides is 3. The first-order chi connectivity index (χ1) is 12.9. The van der Waals surface area contributed by atoms with E-state index in [1.165, 1.54) is 0 Å². The topological polar surface area (TPSA) is 145 Å². The maximum atomic E-state index is 12.6. The van der Waals surface area contributed by atoms with Crippen LogP contribution < -0.4 is 16.0 Å². The van der Waals surface area contributed by atoms with Crippen molar-refractivity contribution in [1.82, 2.24) is 10.6 Å². The minimum atomic E-state index is -1.38. The van der Waals surface area contributed by atoms with E-state index in [-0.39, 0.29) is 6.42 Å². The van der Waals surface area contributed by atoms with Crippen LogP contribution in [0, 0.1) is 5.41 Å². The van der Waals surface area contributed by atoms with Gasteiger partial charge in [0.05, 0.1) is 0 Å². The molecule has 0 saturated carbocycles. The number of carbonyl (C=O) groups excluding carboxylic acids is 2. The highest BCUT2D eigenvalue weighted by molar-refractivity contribution is 6.30. The quantitative estimate of drug-likeness (QED) is 0.442. The molecule has 1 aromatic rings. The summed E-state index contributed by atoms with van der Waals surface area (Å²) in [6.07, 6.45) is -0.688. The van der Waals surface area contributed by atoms with E-state index in [0.717, 1.165) is 0 Å². The minimum Gasteiger partial charge on any atom is -0.481 e. The van der Waals surface area contributed by atoms with E-state index in [9.17, 15) is 24.3 Å². The van der Waals surface area contributed by atoms with Crippen LogP contribution in [0.1, 0.15) is 33.6 Å². The number of nitrogens with one attached hydrogen (secondary N) is 3. The molecule has 1 rings (SSSR count). The Bertz CT molecular complexity index is 730. The van der Waals surface area contributed by atoms with Crippen molar-refractivity contribution in [1.29, 1.82) is 0 Å². The van der Waals surface area contributed by atoms with Gasteiger partial charge in [-0.2, -0.15) is 0 Å². The summed E-state index contributed by atoms with van der Waals surface area (Å²) in [4.78, 5) is 46.8. The van der Waals surface area contributed by atoms with Gasteiger partial charge in [-0.1, -0.05) is 32.4 Å². The zero-order valence-electron chi connectivity index (χ0n) is 15.8. The predicted octanol–water partition coefficient (Wildman–Crippen LogP) is 2.31. The molecule has 0 spiro atoms. The molecule has 0 saturated heterocycles.